The second-order valence-corrected chi connectivity index (χ2v) is 9.38. The zero-order valence-corrected chi connectivity index (χ0v) is 24.8. The van der Waals surface area contributed by atoms with Crippen molar-refractivity contribution >= 4 is 22.4 Å². The Morgan fingerprint density at radius 1 is 0.767 bits per heavy atom. The van der Waals surface area contributed by atoms with E-state index in [1.165, 1.54) is 35.5 Å². The number of hydrogen-bond acceptors (Lipinski definition) is 9. The van der Waals surface area contributed by atoms with Gasteiger partial charge in [0.15, 0.2) is 28.7 Å². The van der Waals surface area contributed by atoms with Crippen molar-refractivity contribution in [2.75, 3.05) is 42.2 Å². The number of ether oxygens (including phenoxy) is 7. The number of carbonyl (C=O) groups excluding carboxylic acids is 1. The smallest absolute Gasteiger partial charge is 0.344 e. The minimum absolute atomic E-state index is 0.0528. The summed E-state index contributed by atoms with van der Waals surface area (Å²) in [6, 6.07) is 18.2. The number of esters is 1. The van der Waals surface area contributed by atoms with Gasteiger partial charge in [0.1, 0.15) is 17.9 Å². The first-order chi connectivity index (χ1) is 20.9. The van der Waals surface area contributed by atoms with Gasteiger partial charge >= 0.3 is 5.97 Å². The average Bonchev–Trinajstić information content (AvgIpc) is 3.34. The third kappa shape index (κ3) is 4.94. The van der Waals surface area contributed by atoms with E-state index in [1.807, 2.05) is 30.3 Å². The fourth-order valence-corrected chi connectivity index (χ4v) is 5.27. The van der Waals surface area contributed by atoms with Crippen molar-refractivity contribution in [2.24, 2.45) is 0 Å². The van der Waals surface area contributed by atoms with E-state index in [-0.39, 0.29) is 24.5 Å². The number of pyridine rings is 1. The van der Waals surface area contributed by atoms with Crippen LogP contribution in [0.25, 0.3) is 27.7 Å². The number of rotatable bonds is 11. The number of benzene rings is 3. The Morgan fingerprint density at radius 3 is 2.09 bits per heavy atom. The monoisotopic (exact) mass is 587 g/mol. The van der Waals surface area contributed by atoms with Gasteiger partial charge in [-0.05, 0) is 36.8 Å². The first-order valence-electron chi connectivity index (χ1n) is 13.5. The van der Waals surface area contributed by atoms with Crippen LogP contribution >= 0.6 is 0 Å². The fraction of sp³-hybridized carbons (Fsp3) is 0.242. The summed E-state index contributed by atoms with van der Waals surface area (Å²) in [6.45, 7) is 1.99. The molecule has 43 heavy (non-hydrogen) atoms. The van der Waals surface area contributed by atoms with Crippen LogP contribution in [0.15, 0.2) is 60.7 Å². The van der Waals surface area contributed by atoms with Crippen molar-refractivity contribution in [3.05, 3.63) is 71.8 Å². The van der Waals surface area contributed by atoms with Gasteiger partial charge in [0.25, 0.3) is 0 Å². The molecule has 2 aromatic heterocycles. The molecule has 0 unspecified atom stereocenters. The molecule has 5 aromatic rings. The van der Waals surface area contributed by atoms with Crippen LogP contribution in [0.4, 0.5) is 0 Å². The van der Waals surface area contributed by atoms with Crippen LogP contribution in [0.2, 0.25) is 0 Å². The van der Waals surface area contributed by atoms with Crippen LogP contribution in [0.3, 0.4) is 0 Å². The fourth-order valence-electron chi connectivity index (χ4n) is 5.27. The highest BCUT2D eigenvalue weighted by atomic mass is 16.5. The highest BCUT2D eigenvalue weighted by Crippen LogP contribution is 2.51. The zero-order valence-electron chi connectivity index (χ0n) is 24.8. The van der Waals surface area contributed by atoms with E-state index in [2.05, 4.69) is 0 Å². The van der Waals surface area contributed by atoms with Gasteiger partial charge in [0, 0.05) is 17.0 Å². The molecule has 0 saturated carbocycles. The topological polar surface area (TPSA) is 106 Å². The van der Waals surface area contributed by atoms with Gasteiger partial charge in [-0.3, -0.25) is 0 Å². The van der Waals surface area contributed by atoms with Crippen molar-refractivity contribution in [3.8, 4) is 51.5 Å². The Balaban J connectivity index is 1.95. The second-order valence-electron chi connectivity index (χ2n) is 9.38. The van der Waals surface area contributed by atoms with Crippen molar-refractivity contribution < 1.29 is 43.1 Å². The molecule has 3 aromatic carbocycles. The first kappa shape index (κ1) is 29.2. The number of hydrogen-bond donors (Lipinski definition) is 1. The summed E-state index contributed by atoms with van der Waals surface area (Å²) in [4.78, 5) is 13.5. The van der Waals surface area contributed by atoms with E-state index in [1.54, 1.807) is 41.7 Å². The number of carbonyl (C=O) groups is 1. The van der Waals surface area contributed by atoms with Crippen molar-refractivity contribution in [3.63, 3.8) is 0 Å². The van der Waals surface area contributed by atoms with Gasteiger partial charge in [-0.25, -0.2) is 4.79 Å². The molecule has 0 aliphatic carbocycles. The van der Waals surface area contributed by atoms with Gasteiger partial charge in [0.2, 0.25) is 5.75 Å². The lowest BCUT2D eigenvalue weighted by Gasteiger charge is -2.20. The van der Waals surface area contributed by atoms with Gasteiger partial charge in [-0.15, -0.1) is 0 Å². The van der Waals surface area contributed by atoms with Crippen LogP contribution in [0, 0.1) is 0 Å². The standard InChI is InChI=1S/C33H33NO9/c1-7-42-33(36)26-28(21-14-16-23(37-2)32(41-6)31(21)43-18-19-11-9-8-10-12-19)34-22(29(26)35)15-13-20-27(34)24(38-3)17-25(39-4)30(20)40-5/h8-17,35H,7,18H2,1-6H3. The van der Waals surface area contributed by atoms with E-state index in [0.29, 0.717) is 62.2 Å². The molecule has 224 valence electrons. The Labute approximate surface area is 248 Å². The summed E-state index contributed by atoms with van der Waals surface area (Å²) >= 11 is 0. The van der Waals surface area contributed by atoms with Crippen LogP contribution in [0.1, 0.15) is 22.8 Å². The van der Waals surface area contributed by atoms with Crippen molar-refractivity contribution in [1.29, 1.82) is 0 Å². The molecule has 10 nitrogen and oxygen atoms in total. The van der Waals surface area contributed by atoms with Crippen LogP contribution in [-0.4, -0.2) is 57.6 Å². The maximum absolute atomic E-state index is 13.5. The van der Waals surface area contributed by atoms with E-state index in [4.69, 9.17) is 33.2 Å². The second kappa shape index (κ2) is 12.3. The van der Waals surface area contributed by atoms with Gasteiger partial charge in [-0.1, -0.05) is 30.3 Å². The lowest BCUT2D eigenvalue weighted by molar-refractivity contribution is 0.0524. The summed E-state index contributed by atoms with van der Waals surface area (Å²) in [5.74, 6) is 1.37. The quantitative estimate of drug-likeness (QED) is 0.179. The molecule has 0 atom stereocenters. The predicted octanol–water partition coefficient (Wildman–Crippen LogP) is 6.26. The van der Waals surface area contributed by atoms with E-state index in [9.17, 15) is 9.90 Å². The summed E-state index contributed by atoms with van der Waals surface area (Å²) < 4.78 is 42.1. The molecule has 0 spiro atoms. The maximum Gasteiger partial charge on any atom is 0.344 e. The van der Waals surface area contributed by atoms with E-state index in [0.717, 1.165) is 5.56 Å². The van der Waals surface area contributed by atoms with Crippen molar-refractivity contribution in [2.45, 2.75) is 13.5 Å². The molecule has 0 aliphatic rings. The van der Waals surface area contributed by atoms with E-state index < -0.39 is 5.97 Å². The number of fused-ring (bicyclic) bond motifs is 3. The van der Waals surface area contributed by atoms with Gasteiger partial charge < -0.3 is 42.7 Å². The molecule has 10 heteroatoms. The Kier molecular flexibility index (Phi) is 8.38. The third-order valence-corrected chi connectivity index (χ3v) is 7.14. The molecule has 0 bridgehead atoms. The zero-order chi connectivity index (χ0) is 30.7. The molecule has 0 radical (unpaired) electrons. The van der Waals surface area contributed by atoms with Crippen LogP contribution < -0.4 is 28.4 Å². The molecule has 1 N–H and O–H groups in total. The van der Waals surface area contributed by atoms with E-state index >= 15 is 0 Å². The third-order valence-electron chi connectivity index (χ3n) is 7.14. The number of aromatic nitrogens is 1. The number of aromatic hydroxyl groups is 1. The number of methoxy groups -OCH3 is 5. The summed E-state index contributed by atoms with van der Waals surface area (Å²) in [6.07, 6.45) is 0. The van der Waals surface area contributed by atoms with Gasteiger partial charge in [-0.2, -0.15) is 0 Å². The molecular formula is C33H33NO9. The lowest BCUT2D eigenvalue weighted by Crippen LogP contribution is -2.08. The predicted molar refractivity (Wildman–Crippen MR) is 161 cm³/mol. The number of nitrogens with zero attached hydrogens (tertiary/aromatic N) is 1. The SMILES string of the molecule is CCOC(=O)c1c(O)c2ccc3c(OC)c(OC)cc(OC)c3n2c1-c1ccc(OC)c(OC)c1OCc1ccccc1. The molecule has 0 fully saturated rings. The Morgan fingerprint density at radius 2 is 1.47 bits per heavy atom. The van der Waals surface area contributed by atoms with Crippen LogP contribution in [-0.2, 0) is 11.3 Å². The minimum Gasteiger partial charge on any atom is -0.505 e. The normalized spacial score (nSPS) is 10.9. The average molecular weight is 588 g/mol. The molecule has 5 rings (SSSR count). The van der Waals surface area contributed by atoms with Crippen molar-refractivity contribution in [1.82, 2.24) is 4.40 Å². The summed E-state index contributed by atoms with van der Waals surface area (Å²) in [5.41, 5.74) is 2.45. The molecular weight excluding hydrogens is 554 g/mol. The Hall–Kier alpha value is -5.25. The lowest BCUT2D eigenvalue weighted by atomic mass is 10.0. The molecule has 0 amide bonds. The largest absolute Gasteiger partial charge is 0.505 e. The molecule has 0 saturated heterocycles. The molecule has 0 aliphatic heterocycles. The highest BCUT2D eigenvalue weighted by molar-refractivity contribution is 6.07. The maximum atomic E-state index is 13.5. The highest BCUT2D eigenvalue weighted by Gasteiger charge is 2.32. The molecule has 2 heterocycles. The first-order valence-corrected chi connectivity index (χ1v) is 13.5. The summed E-state index contributed by atoms with van der Waals surface area (Å²) in [5, 5.41) is 12.2. The summed E-state index contributed by atoms with van der Waals surface area (Å²) in [7, 11) is 7.63. The minimum atomic E-state index is -0.713. The van der Waals surface area contributed by atoms with Gasteiger partial charge in [0.05, 0.1) is 58.9 Å². The Bertz CT molecular complexity index is 1790. The van der Waals surface area contributed by atoms with Crippen LogP contribution in [0.5, 0.6) is 40.2 Å².